The highest BCUT2D eigenvalue weighted by Crippen LogP contribution is 2.22. The van der Waals surface area contributed by atoms with Gasteiger partial charge in [-0.1, -0.05) is 0 Å². The van der Waals surface area contributed by atoms with E-state index in [2.05, 4.69) is 5.32 Å². The third kappa shape index (κ3) is 4.39. The summed E-state index contributed by atoms with van der Waals surface area (Å²) in [6.45, 7) is 4.67. The van der Waals surface area contributed by atoms with Gasteiger partial charge in [-0.25, -0.2) is 0 Å². The van der Waals surface area contributed by atoms with Crippen molar-refractivity contribution in [2.45, 2.75) is 63.4 Å². The van der Waals surface area contributed by atoms with Crippen molar-refractivity contribution in [1.82, 2.24) is 5.32 Å². The zero-order valence-electron chi connectivity index (χ0n) is 11.7. The molecule has 1 saturated heterocycles. The zero-order chi connectivity index (χ0) is 14.8. The lowest BCUT2D eigenvalue weighted by molar-refractivity contribution is -0.259. The maximum Gasteiger partial charge on any atom is 0.223 e. The first-order valence-corrected chi connectivity index (χ1v) is 6.22. The van der Waals surface area contributed by atoms with E-state index in [1.807, 2.05) is 0 Å². The molecule has 0 bridgehead atoms. The first-order chi connectivity index (χ1) is 8.65. The average Bonchev–Trinajstić information content (AvgIpc) is 2.22. The number of nitrogens with one attached hydrogen (secondary N) is 1. The minimum Gasteiger partial charge on any atom is -0.390 e. The van der Waals surface area contributed by atoms with Crippen LogP contribution in [0.25, 0.3) is 0 Å². The van der Waals surface area contributed by atoms with E-state index in [1.165, 1.54) is 21.0 Å². The van der Waals surface area contributed by atoms with Gasteiger partial charge in [-0.2, -0.15) is 0 Å². The Bertz CT molecular complexity index is 316. The van der Waals surface area contributed by atoms with Crippen LogP contribution in [0.5, 0.6) is 0 Å². The van der Waals surface area contributed by atoms with E-state index >= 15 is 0 Å². The van der Waals surface area contributed by atoms with Gasteiger partial charge in [0.25, 0.3) is 0 Å². The molecular formula is C12H23NO6. The Kier molecular flexibility index (Phi) is 5.28. The summed E-state index contributed by atoms with van der Waals surface area (Å²) in [5.74, 6) is -0.404. The Morgan fingerprint density at radius 3 is 2.47 bits per heavy atom. The van der Waals surface area contributed by atoms with E-state index in [0.29, 0.717) is 0 Å². The summed E-state index contributed by atoms with van der Waals surface area (Å²) >= 11 is 0. The number of hydrogen-bond donors (Lipinski definition) is 4. The molecule has 1 amide bonds. The molecule has 0 aromatic heterocycles. The maximum absolute atomic E-state index is 11.8. The van der Waals surface area contributed by atoms with Crippen LogP contribution in [-0.4, -0.2) is 64.6 Å². The van der Waals surface area contributed by atoms with Gasteiger partial charge in [-0.15, -0.1) is 0 Å². The quantitative estimate of drug-likeness (QED) is 0.511. The molecule has 0 unspecified atom stereocenters. The Hall–Kier alpha value is -0.730. The molecular weight excluding hydrogens is 254 g/mol. The van der Waals surface area contributed by atoms with Gasteiger partial charge in [0, 0.05) is 7.11 Å². The normalized spacial score (nSPS) is 36.1. The molecule has 1 aliphatic rings. The smallest absolute Gasteiger partial charge is 0.223 e. The van der Waals surface area contributed by atoms with Crippen molar-refractivity contribution in [2.75, 3.05) is 7.11 Å². The van der Waals surface area contributed by atoms with Gasteiger partial charge in [-0.3, -0.25) is 4.79 Å². The maximum atomic E-state index is 11.8. The Morgan fingerprint density at radius 2 is 2.00 bits per heavy atom. The van der Waals surface area contributed by atoms with Crippen molar-refractivity contribution in [2.24, 2.45) is 0 Å². The van der Waals surface area contributed by atoms with Gasteiger partial charge < -0.3 is 30.1 Å². The van der Waals surface area contributed by atoms with Gasteiger partial charge in [0.05, 0.1) is 24.2 Å². The summed E-state index contributed by atoms with van der Waals surface area (Å²) < 4.78 is 10.1. The van der Waals surface area contributed by atoms with Crippen LogP contribution in [0.15, 0.2) is 0 Å². The summed E-state index contributed by atoms with van der Waals surface area (Å²) in [4.78, 5) is 11.8. The summed E-state index contributed by atoms with van der Waals surface area (Å²) in [6.07, 6.45) is -3.92. The number of carbonyl (C=O) groups excluding carboxylic acids is 1. The summed E-state index contributed by atoms with van der Waals surface area (Å²) in [6, 6.07) is -0.705. The molecule has 19 heavy (non-hydrogen) atoms. The largest absolute Gasteiger partial charge is 0.390 e. The van der Waals surface area contributed by atoms with Crippen LogP contribution in [0, 0.1) is 0 Å². The molecule has 7 heteroatoms. The topological polar surface area (TPSA) is 108 Å². The predicted octanol–water partition coefficient (Wildman–Crippen LogP) is -1.25. The highest BCUT2D eigenvalue weighted by Gasteiger charge is 2.43. The molecule has 0 radical (unpaired) electrons. The van der Waals surface area contributed by atoms with Crippen LogP contribution >= 0.6 is 0 Å². The molecule has 0 aromatic rings. The monoisotopic (exact) mass is 277 g/mol. The fraction of sp³-hybridized carbons (Fsp3) is 0.917. The van der Waals surface area contributed by atoms with Crippen LogP contribution in [0.2, 0.25) is 0 Å². The standard InChI is InChI=1S/C12H23NO6/c1-6-8(13-7(14)5-12(2,3)17)9(15)10(18-4)11(16)19-6/h6,8-11,15-17H,5H2,1-4H3,(H,13,14)/t6-,8-,9+,10-,11-/m1/s1. The van der Waals surface area contributed by atoms with Gasteiger partial charge in [0.2, 0.25) is 5.91 Å². The molecule has 1 aliphatic heterocycles. The Labute approximate surface area is 112 Å². The molecule has 1 rings (SSSR count). The molecule has 1 heterocycles. The SMILES string of the molecule is CO[C@@H]1[C@@H](O)[C@H](NC(=O)CC(C)(C)O)[C@@H](C)O[C@H]1O. The van der Waals surface area contributed by atoms with E-state index < -0.39 is 42.2 Å². The number of rotatable bonds is 4. The third-order valence-electron chi connectivity index (χ3n) is 3.04. The van der Waals surface area contributed by atoms with Gasteiger partial charge in [0.1, 0.15) is 12.2 Å². The first-order valence-electron chi connectivity index (χ1n) is 6.22. The second kappa shape index (κ2) is 6.15. The molecule has 7 nitrogen and oxygen atoms in total. The Morgan fingerprint density at radius 1 is 1.42 bits per heavy atom. The molecule has 0 saturated carbocycles. The van der Waals surface area contributed by atoms with Crippen LogP contribution in [0.3, 0.4) is 0 Å². The van der Waals surface area contributed by atoms with Crippen molar-refractivity contribution in [3.63, 3.8) is 0 Å². The van der Waals surface area contributed by atoms with E-state index in [0.717, 1.165) is 0 Å². The van der Waals surface area contributed by atoms with Crippen LogP contribution in [0.4, 0.5) is 0 Å². The molecule has 0 aromatic carbocycles. The van der Waals surface area contributed by atoms with Crippen LogP contribution in [-0.2, 0) is 14.3 Å². The van der Waals surface area contributed by atoms with Gasteiger partial charge >= 0.3 is 0 Å². The van der Waals surface area contributed by atoms with Crippen molar-refractivity contribution in [3.8, 4) is 0 Å². The molecule has 0 spiro atoms. The van der Waals surface area contributed by atoms with Gasteiger partial charge in [-0.05, 0) is 20.8 Å². The fourth-order valence-electron chi connectivity index (χ4n) is 2.12. The Balaban J connectivity index is 2.68. The van der Waals surface area contributed by atoms with Crippen molar-refractivity contribution < 1.29 is 29.6 Å². The van der Waals surface area contributed by atoms with Crippen molar-refractivity contribution in [3.05, 3.63) is 0 Å². The first kappa shape index (κ1) is 16.3. The molecule has 0 aliphatic carbocycles. The molecule has 5 atom stereocenters. The number of hydrogen-bond acceptors (Lipinski definition) is 6. The number of carbonyl (C=O) groups is 1. The van der Waals surface area contributed by atoms with Crippen molar-refractivity contribution >= 4 is 5.91 Å². The van der Waals surface area contributed by atoms with Gasteiger partial charge in [0.15, 0.2) is 6.29 Å². The van der Waals surface area contributed by atoms with E-state index in [1.54, 1.807) is 6.92 Å². The van der Waals surface area contributed by atoms with Crippen LogP contribution in [0.1, 0.15) is 27.2 Å². The number of methoxy groups -OCH3 is 1. The second-order valence-corrected chi connectivity index (χ2v) is 5.51. The summed E-state index contributed by atoms with van der Waals surface area (Å²) in [7, 11) is 1.34. The number of ether oxygens (including phenoxy) is 2. The predicted molar refractivity (Wildman–Crippen MR) is 66.2 cm³/mol. The minimum absolute atomic E-state index is 0.0941. The van der Waals surface area contributed by atoms with E-state index in [9.17, 15) is 20.1 Å². The van der Waals surface area contributed by atoms with Crippen LogP contribution < -0.4 is 5.32 Å². The zero-order valence-corrected chi connectivity index (χ0v) is 11.7. The lowest BCUT2D eigenvalue weighted by Crippen LogP contribution is -2.63. The summed E-state index contributed by atoms with van der Waals surface area (Å²) in [5, 5.41) is 31.8. The average molecular weight is 277 g/mol. The molecule has 112 valence electrons. The molecule has 4 N–H and O–H groups in total. The lowest BCUT2D eigenvalue weighted by atomic mass is 9.96. The lowest BCUT2D eigenvalue weighted by Gasteiger charge is -2.41. The van der Waals surface area contributed by atoms with E-state index in [4.69, 9.17) is 9.47 Å². The highest BCUT2D eigenvalue weighted by molar-refractivity contribution is 5.77. The number of amides is 1. The minimum atomic E-state index is -1.24. The van der Waals surface area contributed by atoms with Crippen molar-refractivity contribution in [1.29, 1.82) is 0 Å². The van der Waals surface area contributed by atoms with E-state index in [-0.39, 0.29) is 6.42 Å². The molecule has 1 fully saturated rings. The highest BCUT2D eigenvalue weighted by atomic mass is 16.6. The second-order valence-electron chi connectivity index (χ2n) is 5.51. The number of aliphatic hydroxyl groups excluding tert-OH is 2. The third-order valence-corrected chi connectivity index (χ3v) is 3.04. The number of aliphatic hydroxyl groups is 3. The summed E-state index contributed by atoms with van der Waals surface area (Å²) in [5.41, 5.74) is -1.13. The fourth-order valence-corrected chi connectivity index (χ4v) is 2.12.